The maximum Gasteiger partial charge on any atom is 0.293 e. The molecule has 1 atom stereocenters. The van der Waals surface area contributed by atoms with E-state index in [1.165, 1.54) is 48.0 Å². The zero-order chi connectivity index (χ0) is 24.8. The van der Waals surface area contributed by atoms with Gasteiger partial charge in [0.15, 0.2) is 0 Å². The molecule has 35 heavy (non-hydrogen) atoms. The molecule has 1 aliphatic rings. The van der Waals surface area contributed by atoms with Gasteiger partial charge in [-0.25, -0.2) is 10.5 Å². The van der Waals surface area contributed by atoms with Crippen molar-refractivity contribution in [3.05, 3.63) is 70.0 Å². The van der Waals surface area contributed by atoms with Gasteiger partial charge < -0.3 is 14.8 Å². The Morgan fingerprint density at radius 2 is 2.09 bits per heavy atom. The summed E-state index contributed by atoms with van der Waals surface area (Å²) in [6.07, 6.45) is 9.05. The number of hydrogen-bond donors (Lipinski definition) is 3. The molecule has 0 aliphatic heterocycles. The Labute approximate surface area is 210 Å². The van der Waals surface area contributed by atoms with Crippen molar-refractivity contribution in [2.45, 2.75) is 25.8 Å². The summed E-state index contributed by atoms with van der Waals surface area (Å²) in [5.74, 6) is 0.681. The summed E-state index contributed by atoms with van der Waals surface area (Å²) in [6, 6.07) is 7.78. The van der Waals surface area contributed by atoms with E-state index in [-0.39, 0.29) is 23.2 Å². The van der Waals surface area contributed by atoms with Gasteiger partial charge in [0, 0.05) is 30.1 Å². The lowest BCUT2D eigenvalue weighted by Crippen LogP contribution is -2.31. The Balaban J connectivity index is 1.31. The Morgan fingerprint density at radius 1 is 1.26 bits per heavy atom. The average molecular weight is 515 g/mol. The second-order valence-corrected chi connectivity index (χ2v) is 9.40. The highest BCUT2D eigenvalue weighted by molar-refractivity contribution is 7.14. The number of aromatic nitrogens is 2. The van der Waals surface area contributed by atoms with Crippen LogP contribution in [0.5, 0.6) is 16.7 Å². The summed E-state index contributed by atoms with van der Waals surface area (Å²) in [5, 5.41) is 12.4. The van der Waals surface area contributed by atoms with E-state index in [0.717, 1.165) is 4.88 Å². The van der Waals surface area contributed by atoms with Crippen LogP contribution in [0, 0.1) is 5.92 Å². The average Bonchev–Trinajstić information content (AvgIpc) is 3.59. The highest BCUT2D eigenvalue weighted by atomic mass is 35.5. The number of carbonyl (C=O) groups excluding carboxylic acids is 2. The van der Waals surface area contributed by atoms with Crippen molar-refractivity contribution in [1.29, 1.82) is 0 Å². The van der Waals surface area contributed by atoms with Crippen molar-refractivity contribution in [2.24, 2.45) is 5.92 Å². The van der Waals surface area contributed by atoms with Gasteiger partial charge in [-0.2, -0.15) is 0 Å². The topological polar surface area (TPSA) is 123 Å². The first-order chi connectivity index (χ1) is 16.9. The minimum atomic E-state index is -0.796. The van der Waals surface area contributed by atoms with Crippen LogP contribution in [0.3, 0.4) is 0 Å². The van der Waals surface area contributed by atoms with Gasteiger partial charge in [-0.1, -0.05) is 29.0 Å². The molecular weight excluding hydrogens is 492 g/mol. The molecule has 1 aromatic carbocycles. The highest BCUT2D eigenvalue weighted by Crippen LogP contribution is 2.35. The number of hydroxylamine groups is 1. The summed E-state index contributed by atoms with van der Waals surface area (Å²) in [4.78, 5) is 32.8. The summed E-state index contributed by atoms with van der Waals surface area (Å²) >= 11 is 7.66. The zero-order valence-corrected chi connectivity index (χ0v) is 20.3. The number of carbonyl (C=O) groups is 2. The number of benzene rings is 1. The molecule has 4 rings (SSSR count). The molecule has 0 spiro atoms. The van der Waals surface area contributed by atoms with E-state index in [0.29, 0.717) is 34.2 Å². The van der Waals surface area contributed by atoms with E-state index in [4.69, 9.17) is 26.3 Å². The highest BCUT2D eigenvalue weighted by Gasteiger charge is 2.22. The second-order valence-electron chi connectivity index (χ2n) is 7.97. The van der Waals surface area contributed by atoms with Crippen LogP contribution in [-0.4, -0.2) is 39.6 Å². The zero-order valence-electron chi connectivity index (χ0n) is 18.7. The molecule has 0 radical (unpaired) electrons. The quantitative estimate of drug-likeness (QED) is 0.264. The van der Waals surface area contributed by atoms with Gasteiger partial charge >= 0.3 is 0 Å². The predicted octanol–water partition coefficient (Wildman–Crippen LogP) is 4.72. The number of ether oxygens (including phenoxy) is 2. The fourth-order valence-electron chi connectivity index (χ4n) is 2.97. The van der Waals surface area contributed by atoms with Gasteiger partial charge in [0.05, 0.1) is 16.5 Å². The van der Waals surface area contributed by atoms with Crippen LogP contribution in [0.2, 0.25) is 5.02 Å². The first-order valence-electron chi connectivity index (χ1n) is 10.9. The van der Waals surface area contributed by atoms with Crippen molar-refractivity contribution < 1.29 is 24.3 Å². The van der Waals surface area contributed by atoms with Gasteiger partial charge in [0.25, 0.3) is 17.0 Å². The number of pyridine rings is 1. The molecule has 2 heterocycles. The maximum atomic E-state index is 12.5. The van der Waals surface area contributed by atoms with E-state index < -0.39 is 5.91 Å². The van der Waals surface area contributed by atoms with E-state index in [1.54, 1.807) is 24.4 Å². The normalized spacial score (nSPS) is 13.9. The molecular formula is C24H23ClN4O5S. The van der Waals surface area contributed by atoms with Crippen molar-refractivity contribution >= 4 is 40.8 Å². The Hall–Kier alpha value is -3.47. The van der Waals surface area contributed by atoms with Crippen LogP contribution in [0.4, 0.5) is 0 Å². The molecule has 11 heteroatoms. The molecule has 3 aromatic rings. The van der Waals surface area contributed by atoms with Crippen LogP contribution in [0.1, 0.15) is 45.5 Å². The number of amides is 2. The van der Waals surface area contributed by atoms with Crippen LogP contribution in [0.25, 0.3) is 6.08 Å². The van der Waals surface area contributed by atoms with Gasteiger partial charge in [0.1, 0.15) is 17.2 Å². The third-order valence-electron chi connectivity index (χ3n) is 5.05. The smallest absolute Gasteiger partial charge is 0.293 e. The van der Waals surface area contributed by atoms with E-state index in [2.05, 4.69) is 15.3 Å². The Kier molecular flexibility index (Phi) is 7.96. The third kappa shape index (κ3) is 7.01. The number of thiazole rings is 1. The molecule has 2 amide bonds. The molecule has 3 N–H and O–H groups in total. The SMILES string of the molecule is C[C@@H](C=Cc1cnc(Oc2ccc(OCC3CC3)cc2Cl)s1)NC(=O)c1ccnc(C(=O)NO)c1. The number of hydrogen-bond acceptors (Lipinski definition) is 8. The molecule has 1 fully saturated rings. The van der Waals surface area contributed by atoms with Crippen molar-refractivity contribution in [3.8, 4) is 16.7 Å². The molecule has 182 valence electrons. The second kappa shape index (κ2) is 11.3. The predicted molar refractivity (Wildman–Crippen MR) is 131 cm³/mol. The molecule has 1 aliphatic carbocycles. The number of nitrogens with one attached hydrogen (secondary N) is 2. The molecule has 1 saturated carbocycles. The number of halogens is 1. The van der Waals surface area contributed by atoms with Crippen LogP contribution < -0.4 is 20.3 Å². The third-order valence-corrected chi connectivity index (χ3v) is 6.19. The number of nitrogens with zero attached hydrogens (tertiary/aromatic N) is 2. The minimum Gasteiger partial charge on any atom is -0.493 e. The lowest BCUT2D eigenvalue weighted by molar-refractivity contribution is 0.0700. The molecule has 0 unspecified atom stereocenters. The lowest BCUT2D eigenvalue weighted by atomic mass is 10.2. The van der Waals surface area contributed by atoms with Crippen molar-refractivity contribution in [3.63, 3.8) is 0 Å². The largest absolute Gasteiger partial charge is 0.493 e. The molecule has 0 bridgehead atoms. The molecule has 9 nitrogen and oxygen atoms in total. The standard InChI is InChI=1S/C24H23ClN4O5S/c1-14(28-22(30)16-8-9-26-20(10-16)23(31)29-32)2-6-18-12-27-24(35-18)34-21-7-5-17(11-19(21)25)33-13-15-3-4-15/h2,5-12,14-15,32H,3-4,13H2,1H3,(H,28,30)(H,29,31)/t14-/m0/s1. The fraction of sp³-hybridized carbons (Fsp3) is 0.250. The van der Waals surface area contributed by atoms with Crippen LogP contribution in [0.15, 0.2) is 48.8 Å². The van der Waals surface area contributed by atoms with Gasteiger partial charge in [-0.15, -0.1) is 0 Å². The lowest BCUT2D eigenvalue weighted by Gasteiger charge is -2.10. The Morgan fingerprint density at radius 3 is 2.83 bits per heavy atom. The minimum absolute atomic E-state index is 0.0685. The molecule has 2 aromatic heterocycles. The van der Waals surface area contributed by atoms with E-state index in [1.807, 2.05) is 19.1 Å². The summed E-state index contributed by atoms with van der Waals surface area (Å²) in [6.45, 7) is 2.52. The van der Waals surface area contributed by atoms with E-state index >= 15 is 0 Å². The first kappa shape index (κ1) is 24.6. The summed E-state index contributed by atoms with van der Waals surface area (Å²) in [5.41, 5.74) is 1.66. The van der Waals surface area contributed by atoms with Crippen molar-refractivity contribution in [2.75, 3.05) is 6.61 Å². The van der Waals surface area contributed by atoms with Gasteiger partial charge in [-0.3, -0.25) is 19.8 Å². The monoisotopic (exact) mass is 514 g/mol. The fourth-order valence-corrected chi connectivity index (χ4v) is 3.87. The first-order valence-corrected chi connectivity index (χ1v) is 12.1. The van der Waals surface area contributed by atoms with Crippen LogP contribution in [-0.2, 0) is 0 Å². The van der Waals surface area contributed by atoms with Crippen molar-refractivity contribution in [1.82, 2.24) is 20.8 Å². The summed E-state index contributed by atoms with van der Waals surface area (Å²) in [7, 11) is 0. The van der Waals surface area contributed by atoms with Gasteiger partial charge in [0.2, 0.25) is 0 Å². The van der Waals surface area contributed by atoms with Gasteiger partial charge in [-0.05, 0) is 56.0 Å². The maximum absolute atomic E-state index is 12.5. The number of rotatable bonds is 10. The molecule has 0 saturated heterocycles. The van der Waals surface area contributed by atoms with E-state index in [9.17, 15) is 9.59 Å². The van der Waals surface area contributed by atoms with Crippen LogP contribution >= 0.6 is 22.9 Å². The summed E-state index contributed by atoms with van der Waals surface area (Å²) < 4.78 is 11.5. The Bertz CT molecular complexity index is 1240.